The molecule has 1 saturated carbocycles. The van der Waals surface area contributed by atoms with Gasteiger partial charge in [0.15, 0.2) is 0 Å². The van der Waals surface area contributed by atoms with Crippen LogP contribution in [0.1, 0.15) is 32.1 Å². The molecule has 3 rings (SSSR count). The number of hydrogen-bond acceptors (Lipinski definition) is 3. The van der Waals surface area contributed by atoms with Crippen LogP contribution in [0.5, 0.6) is 0 Å². The van der Waals surface area contributed by atoms with Crippen molar-refractivity contribution in [3.8, 4) is 0 Å². The summed E-state index contributed by atoms with van der Waals surface area (Å²) in [6.07, 6.45) is 7.33. The van der Waals surface area contributed by atoms with E-state index in [0.29, 0.717) is 0 Å². The Labute approximate surface area is 106 Å². The molecule has 2 heterocycles. The van der Waals surface area contributed by atoms with Gasteiger partial charge in [0, 0.05) is 38.8 Å². The zero-order valence-corrected chi connectivity index (χ0v) is 11.0. The zero-order chi connectivity index (χ0) is 11.5. The zero-order valence-electron chi connectivity index (χ0n) is 11.0. The second-order valence-electron chi connectivity index (χ2n) is 6.15. The van der Waals surface area contributed by atoms with Crippen molar-refractivity contribution in [2.45, 2.75) is 38.1 Å². The maximum atomic E-state index is 3.39. The van der Waals surface area contributed by atoms with Crippen molar-refractivity contribution in [1.82, 2.24) is 15.1 Å². The molecular weight excluding hydrogens is 210 g/mol. The first-order chi connectivity index (χ1) is 8.42. The van der Waals surface area contributed by atoms with Crippen molar-refractivity contribution in [3.05, 3.63) is 0 Å². The Morgan fingerprint density at radius 2 is 1.71 bits per heavy atom. The summed E-state index contributed by atoms with van der Waals surface area (Å²) in [6.45, 7) is 9.12. The molecule has 3 fully saturated rings. The van der Waals surface area contributed by atoms with Crippen LogP contribution in [0.15, 0.2) is 0 Å². The Bertz CT molecular complexity index is 234. The van der Waals surface area contributed by atoms with Gasteiger partial charge in [0.2, 0.25) is 0 Å². The van der Waals surface area contributed by atoms with Gasteiger partial charge in [-0.3, -0.25) is 4.90 Å². The predicted octanol–water partition coefficient (Wildman–Crippen LogP) is 1.16. The number of nitrogens with one attached hydrogen (secondary N) is 1. The lowest BCUT2D eigenvalue weighted by Crippen LogP contribution is -2.57. The van der Waals surface area contributed by atoms with E-state index in [1.165, 1.54) is 77.9 Å². The normalized spacial score (nSPS) is 30.4. The van der Waals surface area contributed by atoms with E-state index in [4.69, 9.17) is 0 Å². The van der Waals surface area contributed by atoms with Crippen LogP contribution in [0.3, 0.4) is 0 Å². The molecule has 98 valence electrons. The molecule has 0 unspecified atom stereocenters. The van der Waals surface area contributed by atoms with Crippen molar-refractivity contribution in [1.29, 1.82) is 0 Å². The molecule has 0 spiro atoms. The predicted molar refractivity (Wildman–Crippen MR) is 71.2 cm³/mol. The van der Waals surface area contributed by atoms with E-state index >= 15 is 0 Å². The summed E-state index contributed by atoms with van der Waals surface area (Å²) < 4.78 is 0. The highest BCUT2D eigenvalue weighted by Gasteiger charge is 2.27. The molecule has 2 saturated heterocycles. The third-order valence-electron chi connectivity index (χ3n) is 4.89. The first-order valence-corrected chi connectivity index (χ1v) is 7.59. The fourth-order valence-corrected chi connectivity index (χ4v) is 3.63. The van der Waals surface area contributed by atoms with Gasteiger partial charge in [-0.15, -0.1) is 0 Å². The molecule has 0 amide bonds. The van der Waals surface area contributed by atoms with Crippen LogP contribution >= 0.6 is 0 Å². The summed E-state index contributed by atoms with van der Waals surface area (Å²) in [6, 6.07) is 0.849. The van der Waals surface area contributed by atoms with Crippen LogP contribution in [0.4, 0.5) is 0 Å². The minimum Gasteiger partial charge on any atom is -0.314 e. The van der Waals surface area contributed by atoms with E-state index in [1.54, 1.807) is 0 Å². The first kappa shape index (κ1) is 11.9. The largest absolute Gasteiger partial charge is 0.314 e. The van der Waals surface area contributed by atoms with E-state index in [1.807, 2.05) is 0 Å². The Hall–Kier alpha value is -0.120. The van der Waals surface area contributed by atoms with Crippen LogP contribution < -0.4 is 5.32 Å². The summed E-state index contributed by atoms with van der Waals surface area (Å²) in [5.74, 6) is 1.02. The van der Waals surface area contributed by atoms with Gasteiger partial charge >= 0.3 is 0 Å². The quantitative estimate of drug-likeness (QED) is 0.794. The lowest BCUT2D eigenvalue weighted by atomic mass is 10.1. The van der Waals surface area contributed by atoms with Gasteiger partial charge < -0.3 is 10.2 Å². The highest BCUT2D eigenvalue weighted by atomic mass is 15.3. The molecule has 3 heteroatoms. The number of hydrogen-bond donors (Lipinski definition) is 1. The van der Waals surface area contributed by atoms with Crippen LogP contribution in [0.25, 0.3) is 0 Å². The lowest BCUT2D eigenvalue weighted by Gasteiger charge is -2.37. The van der Waals surface area contributed by atoms with Gasteiger partial charge in [-0.1, -0.05) is 12.8 Å². The number of nitrogens with zero attached hydrogens (tertiary/aromatic N) is 2. The molecule has 0 radical (unpaired) electrons. The van der Waals surface area contributed by atoms with Gasteiger partial charge in [-0.2, -0.15) is 0 Å². The summed E-state index contributed by atoms with van der Waals surface area (Å²) in [4.78, 5) is 5.45. The van der Waals surface area contributed by atoms with Crippen LogP contribution in [-0.4, -0.2) is 61.7 Å². The Morgan fingerprint density at radius 3 is 2.41 bits per heavy atom. The molecular formula is C14H27N3. The number of rotatable bonds is 3. The standard InChI is InChI=1S/C14H27N3/c1-2-5-13(4-1)12-16-6-3-7-17(9-8-16)14-10-15-11-14/h13-15H,1-12H2. The molecule has 0 atom stereocenters. The van der Waals surface area contributed by atoms with Crippen LogP contribution in [0.2, 0.25) is 0 Å². The fourth-order valence-electron chi connectivity index (χ4n) is 3.63. The van der Waals surface area contributed by atoms with Crippen LogP contribution in [0, 0.1) is 5.92 Å². The molecule has 0 aromatic carbocycles. The van der Waals surface area contributed by atoms with Crippen molar-refractivity contribution >= 4 is 0 Å². The summed E-state index contributed by atoms with van der Waals surface area (Å²) >= 11 is 0. The van der Waals surface area contributed by atoms with Gasteiger partial charge in [0.25, 0.3) is 0 Å². The van der Waals surface area contributed by atoms with E-state index in [-0.39, 0.29) is 0 Å². The van der Waals surface area contributed by atoms with E-state index in [0.717, 1.165) is 12.0 Å². The van der Waals surface area contributed by atoms with Crippen molar-refractivity contribution < 1.29 is 0 Å². The Balaban J connectivity index is 1.44. The van der Waals surface area contributed by atoms with E-state index in [9.17, 15) is 0 Å². The molecule has 17 heavy (non-hydrogen) atoms. The highest BCUT2D eigenvalue weighted by molar-refractivity contribution is 4.86. The molecule has 3 nitrogen and oxygen atoms in total. The maximum absolute atomic E-state index is 3.39. The third-order valence-corrected chi connectivity index (χ3v) is 4.89. The monoisotopic (exact) mass is 237 g/mol. The topological polar surface area (TPSA) is 18.5 Å². The second-order valence-corrected chi connectivity index (χ2v) is 6.15. The smallest absolute Gasteiger partial charge is 0.0345 e. The fraction of sp³-hybridized carbons (Fsp3) is 1.00. The van der Waals surface area contributed by atoms with Crippen molar-refractivity contribution in [2.24, 2.45) is 5.92 Å². The molecule has 1 aliphatic carbocycles. The van der Waals surface area contributed by atoms with Gasteiger partial charge in [0.1, 0.15) is 0 Å². The molecule has 0 bridgehead atoms. The molecule has 0 aromatic heterocycles. The summed E-state index contributed by atoms with van der Waals surface area (Å²) in [7, 11) is 0. The molecule has 2 aliphatic heterocycles. The van der Waals surface area contributed by atoms with Gasteiger partial charge in [-0.25, -0.2) is 0 Å². The van der Waals surface area contributed by atoms with Gasteiger partial charge in [-0.05, 0) is 38.3 Å². The third kappa shape index (κ3) is 3.01. The second kappa shape index (κ2) is 5.68. The Kier molecular flexibility index (Phi) is 3.99. The maximum Gasteiger partial charge on any atom is 0.0345 e. The van der Waals surface area contributed by atoms with Crippen molar-refractivity contribution in [3.63, 3.8) is 0 Å². The SMILES string of the molecule is C1CCC(CN2CCCN(C3CNC3)CC2)C1. The molecule has 0 aromatic rings. The first-order valence-electron chi connectivity index (χ1n) is 7.59. The highest BCUT2D eigenvalue weighted by Crippen LogP contribution is 2.25. The van der Waals surface area contributed by atoms with Crippen molar-refractivity contribution in [2.75, 3.05) is 45.8 Å². The average Bonchev–Trinajstić information content (AvgIpc) is 2.65. The summed E-state index contributed by atoms with van der Waals surface area (Å²) in [5.41, 5.74) is 0. The molecule has 1 N–H and O–H groups in total. The average molecular weight is 237 g/mol. The van der Waals surface area contributed by atoms with E-state index in [2.05, 4.69) is 15.1 Å². The van der Waals surface area contributed by atoms with E-state index < -0.39 is 0 Å². The molecule has 3 aliphatic rings. The minimum atomic E-state index is 0.849. The van der Waals surface area contributed by atoms with Gasteiger partial charge in [0.05, 0.1) is 0 Å². The lowest BCUT2D eigenvalue weighted by molar-refractivity contribution is 0.147. The summed E-state index contributed by atoms with van der Waals surface area (Å²) in [5, 5.41) is 3.39. The minimum absolute atomic E-state index is 0.849. The van der Waals surface area contributed by atoms with Crippen LogP contribution in [-0.2, 0) is 0 Å². The Morgan fingerprint density at radius 1 is 0.882 bits per heavy atom.